The van der Waals surface area contributed by atoms with Gasteiger partial charge in [0, 0.05) is 17.7 Å². The fourth-order valence-corrected chi connectivity index (χ4v) is 4.66. The fraction of sp³-hybridized carbons (Fsp3) is 0.292. The monoisotopic (exact) mass is 470 g/mol. The van der Waals surface area contributed by atoms with Crippen molar-refractivity contribution in [2.24, 2.45) is 0 Å². The van der Waals surface area contributed by atoms with Crippen molar-refractivity contribution in [1.29, 1.82) is 0 Å². The molecule has 10 heteroatoms. The first-order valence-corrected chi connectivity index (χ1v) is 10.6. The standard InChI is InChI=1S/C24H21F3N4O3/c1-33-19-8-5-14(11-20(19)34-2)15-9-17-21(18(32)10-15)22(31-23(30-17)28-12-29-31)13-3-6-16(7-4-13)24(25,26)27/h3-8,11-12,15,22H,9-10H2,1-2H3,(H,28,29,30)/t15-,22-/m1/s1. The first-order chi connectivity index (χ1) is 16.3. The quantitative estimate of drug-likeness (QED) is 0.594. The largest absolute Gasteiger partial charge is 0.493 e. The molecule has 3 aromatic rings. The van der Waals surface area contributed by atoms with Gasteiger partial charge in [-0.2, -0.15) is 23.3 Å². The lowest BCUT2D eigenvalue weighted by atomic mass is 9.78. The Labute approximate surface area is 193 Å². The van der Waals surface area contributed by atoms with Crippen molar-refractivity contribution in [3.8, 4) is 11.5 Å². The average Bonchev–Trinajstić information content (AvgIpc) is 3.30. The molecule has 0 amide bonds. The third-order valence-electron chi connectivity index (χ3n) is 6.29. The fourth-order valence-electron chi connectivity index (χ4n) is 4.66. The summed E-state index contributed by atoms with van der Waals surface area (Å²) in [5, 5.41) is 7.44. The molecule has 0 saturated heterocycles. The molecule has 34 heavy (non-hydrogen) atoms. The van der Waals surface area contributed by atoms with Crippen molar-refractivity contribution >= 4 is 11.7 Å². The van der Waals surface area contributed by atoms with E-state index in [1.807, 2.05) is 12.1 Å². The van der Waals surface area contributed by atoms with Crippen molar-refractivity contribution in [2.75, 3.05) is 19.5 Å². The minimum atomic E-state index is -4.44. The van der Waals surface area contributed by atoms with Crippen molar-refractivity contribution in [3.63, 3.8) is 0 Å². The SMILES string of the molecule is COc1ccc([C@H]2CC(=O)C3=C(C2)Nc2ncnn2[C@@H]3c2ccc(C(F)(F)F)cc2)cc1OC. The molecular weight excluding hydrogens is 449 g/mol. The number of aromatic nitrogens is 3. The van der Waals surface area contributed by atoms with E-state index in [1.54, 1.807) is 20.3 Å². The van der Waals surface area contributed by atoms with E-state index < -0.39 is 17.8 Å². The summed E-state index contributed by atoms with van der Waals surface area (Å²) < 4.78 is 51.5. The molecule has 2 heterocycles. The van der Waals surface area contributed by atoms with Crippen LogP contribution in [-0.2, 0) is 11.0 Å². The van der Waals surface area contributed by atoms with E-state index in [1.165, 1.54) is 23.1 Å². The minimum absolute atomic E-state index is 0.0976. The number of carbonyl (C=O) groups is 1. The van der Waals surface area contributed by atoms with E-state index in [4.69, 9.17) is 9.47 Å². The molecule has 0 saturated carbocycles. The molecule has 1 aliphatic carbocycles. The number of Topliss-reactive ketones (excluding diaryl/α,β-unsaturated/α-hetero) is 1. The van der Waals surface area contributed by atoms with E-state index in [-0.39, 0.29) is 18.1 Å². The average molecular weight is 470 g/mol. The van der Waals surface area contributed by atoms with E-state index >= 15 is 0 Å². The topological polar surface area (TPSA) is 78.3 Å². The smallest absolute Gasteiger partial charge is 0.416 e. The molecule has 1 aliphatic heterocycles. The number of alkyl halides is 3. The number of hydrogen-bond acceptors (Lipinski definition) is 6. The van der Waals surface area contributed by atoms with Crippen LogP contribution in [0.3, 0.4) is 0 Å². The summed E-state index contributed by atoms with van der Waals surface area (Å²) in [6.07, 6.45) is -2.31. The minimum Gasteiger partial charge on any atom is -0.493 e. The molecule has 5 rings (SSSR count). The predicted molar refractivity (Wildman–Crippen MR) is 117 cm³/mol. The maximum Gasteiger partial charge on any atom is 0.416 e. The number of nitrogens with one attached hydrogen (secondary N) is 1. The number of anilines is 1. The Kier molecular flexibility index (Phi) is 5.30. The summed E-state index contributed by atoms with van der Waals surface area (Å²) in [6.45, 7) is 0. The molecule has 1 N–H and O–H groups in total. The molecule has 0 bridgehead atoms. The van der Waals surface area contributed by atoms with Gasteiger partial charge in [-0.15, -0.1) is 0 Å². The zero-order chi connectivity index (χ0) is 24.0. The van der Waals surface area contributed by atoms with Gasteiger partial charge < -0.3 is 14.8 Å². The van der Waals surface area contributed by atoms with Crippen LogP contribution in [0.5, 0.6) is 11.5 Å². The van der Waals surface area contributed by atoms with Gasteiger partial charge in [-0.1, -0.05) is 18.2 Å². The Balaban J connectivity index is 1.53. The number of ketones is 1. The van der Waals surface area contributed by atoms with Crippen molar-refractivity contribution in [1.82, 2.24) is 14.8 Å². The number of ether oxygens (including phenoxy) is 2. The summed E-state index contributed by atoms with van der Waals surface area (Å²) in [6, 6.07) is 9.74. The highest BCUT2D eigenvalue weighted by atomic mass is 19.4. The molecule has 2 aromatic carbocycles. The van der Waals surface area contributed by atoms with E-state index in [0.29, 0.717) is 40.7 Å². The van der Waals surface area contributed by atoms with Gasteiger partial charge in [0.15, 0.2) is 17.3 Å². The predicted octanol–water partition coefficient (Wildman–Crippen LogP) is 4.73. The Hall–Kier alpha value is -3.82. The van der Waals surface area contributed by atoms with Gasteiger partial charge in [0.1, 0.15) is 12.4 Å². The summed E-state index contributed by atoms with van der Waals surface area (Å²) in [5.41, 5.74) is 1.90. The Bertz CT molecular complexity index is 1280. The molecule has 0 unspecified atom stereocenters. The Morgan fingerprint density at radius 1 is 1.00 bits per heavy atom. The van der Waals surface area contributed by atoms with Crippen LogP contribution >= 0.6 is 0 Å². The van der Waals surface area contributed by atoms with Gasteiger partial charge >= 0.3 is 6.18 Å². The number of allylic oxidation sites excluding steroid dienone is 2. The van der Waals surface area contributed by atoms with E-state index in [2.05, 4.69) is 15.4 Å². The van der Waals surface area contributed by atoms with Gasteiger partial charge in [-0.3, -0.25) is 4.79 Å². The van der Waals surface area contributed by atoms with Crippen LogP contribution in [0.25, 0.3) is 0 Å². The molecule has 176 valence electrons. The van der Waals surface area contributed by atoms with Crippen molar-refractivity contribution in [3.05, 3.63) is 76.8 Å². The maximum absolute atomic E-state index is 13.4. The lowest BCUT2D eigenvalue weighted by Gasteiger charge is -2.35. The van der Waals surface area contributed by atoms with Gasteiger partial charge in [0.25, 0.3) is 0 Å². The maximum atomic E-state index is 13.4. The molecule has 0 fully saturated rings. The summed E-state index contributed by atoms with van der Waals surface area (Å²) in [7, 11) is 3.11. The van der Waals surface area contributed by atoms with Crippen LogP contribution in [0.2, 0.25) is 0 Å². The van der Waals surface area contributed by atoms with Crippen molar-refractivity contribution in [2.45, 2.75) is 31.0 Å². The summed E-state index contributed by atoms with van der Waals surface area (Å²) in [4.78, 5) is 17.7. The zero-order valence-corrected chi connectivity index (χ0v) is 18.4. The van der Waals surface area contributed by atoms with Gasteiger partial charge in [0.2, 0.25) is 5.95 Å². The van der Waals surface area contributed by atoms with Crippen LogP contribution in [0, 0.1) is 0 Å². The molecule has 1 aromatic heterocycles. The lowest BCUT2D eigenvalue weighted by molar-refractivity contribution is -0.137. The number of rotatable bonds is 4. The molecule has 2 aliphatic rings. The number of halogens is 3. The molecular formula is C24H21F3N4O3. The number of nitrogens with zero attached hydrogens (tertiary/aromatic N) is 3. The van der Waals surface area contributed by atoms with Crippen LogP contribution in [0.15, 0.2) is 60.1 Å². The lowest BCUT2D eigenvalue weighted by Crippen LogP contribution is -2.33. The first kappa shape index (κ1) is 22.0. The highest BCUT2D eigenvalue weighted by Gasteiger charge is 2.40. The van der Waals surface area contributed by atoms with Crippen LogP contribution in [0.1, 0.15) is 41.5 Å². The summed E-state index contributed by atoms with van der Waals surface area (Å²) >= 11 is 0. The third-order valence-corrected chi connectivity index (χ3v) is 6.29. The Morgan fingerprint density at radius 3 is 2.38 bits per heavy atom. The number of hydrogen-bond donors (Lipinski definition) is 1. The second-order valence-electron chi connectivity index (χ2n) is 8.21. The van der Waals surface area contributed by atoms with Crippen LogP contribution in [0.4, 0.5) is 19.1 Å². The van der Waals surface area contributed by atoms with Gasteiger partial charge in [-0.05, 0) is 47.7 Å². The first-order valence-electron chi connectivity index (χ1n) is 10.6. The summed E-state index contributed by atoms with van der Waals surface area (Å²) in [5.74, 6) is 1.40. The number of methoxy groups -OCH3 is 2. The van der Waals surface area contributed by atoms with Crippen molar-refractivity contribution < 1.29 is 27.4 Å². The molecule has 0 spiro atoms. The van der Waals surface area contributed by atoms with Crippen LogP contribution in [-0.4, -0.2) is 34.8 Å². The molecule has 0 radical (unpaired) electrons. The zero-order valence-electron chi connectivity index (χ0n) is 18.4. The van der Waals surface area contributed by atoms with Gasteiger partial charge in [0.05, 0.1) is 19.8 Å². The second-order valence-corrected chi connectivity index (χ2v) is 8.21. The van der Waals surface area contributed by atoms with Crippen LogP contribution < -0.4 is 14.8 Å². The number of benzene rings is 2. The van der Waals surface area contributed by atoms with E-state index in [9.17, 15) is 18.0 Å². The molecule has 7 nitrogen and oxygen atoms in total. The highest BCUT2D eigenvalue weighted by molar-refractivity contribution is 6.00. The van der Waals surface area contributed by atoms with E-state index in [0.717, 1.165) is 17.7 Å². The number of fused-ring (bicyclic) bond motifs is 1. The Morgan fingerprint density at radius 2 is 1.71 bits per heavy atom. The normalized spacial score (nSPS) is 19.9. The third kappa shape index (κ3) is 3.68. The number of carbonyl (C=O) groups excluding carboxylic acids is 1. The highest BCUT2D eigenvalue weighted by Crippen LogP contribution is 2.45. The molecule has 2 atom stereocenters. The van der Waals surface area contributed by atoms with Gasteiger partial charge in [-0.25, -0.2) is 4.68 Å². The second kappa shape index (κ2) is 8.19.